The molecule has 0 amide bonds. The lowest BCUT2D eigenvalue weighted by Crippen LogP contribution is -2.40. The summed E-state index contributed by atoms with van der Waals surface area (Å²) in [6.07, 6.45) is 6.31. The minimum absolute atomic E-state index is 0.163. The summed E-state index contributed by atoms with van der Waals surface area (Å²) < 4.78 is 34.3. The molecule has 3 aromatic rings. The van der Waals surface area contributed by atoms with E-state index in [0.29, 0.717) is 17.0 Å². The maximum Gasteiger partial charge on any atom is 0.149 e. The average Bonchev–Trinajstić information content (AvgIpc) is 3.11. The molecule has 1 atom stereocenters. The van der Waals surface area contributed by atoms with Crippen LogP contribution in [-0.2, 0) is 0 Å². The van der Waals surface area contributed by atoms with Crippen molar-refractivity contribution < 1.29 is 13.5 Å². The number of hydrogen-bond acceptors (Lipinski definition) is 4. The topological polar surface area (TPSA) is 47.0 Å². The summed E-state index contributed by atoms with van der Waals surface area (Å²) in [5.41, 5.74) is 0.823. The molecule has 2 heterocycles. The lowest BCUT2D eigenvalue weighted by molar-refractivity contribution is 0.0451. The van der Waals surface area contributed by atoms with Gasteiger partial charge in [0.1, 0.15) is 40.6 Å². The van der Waals surface area contributed by atoms with Crippen LogP contribution < -0.4 is 10.1 Å². The van der Waals surface area contributed by atoms with Crippen LogP contribution in [0.2, 0.25) is 0 Å². The van der Waals surface area contributed by atoms with Crippen molar-refractivity contribution in [1.82, 2.24) is 9.97 Å². The van der Waals surface area contributed by atoms with Crippen LogP contribution in [0.25, 0.3) is 10.9 Å². The number of benzene rings is 2. The number of rotatable bonds is 2. The second kappa shape index (κ2) is 6.15. The van der Waals surface area contributed by atoms with Gasteiger partial charge in [0.25, 0.3) is 0 Å². The van der Waals surface area contributed by atoms with Crippen molar-refractivity contribution >= 4 is 16.7 Å². The molecule has 1 aliphatic carbocycles. The van der Waals surface area contributed by atoms with Crippen molar-refractivity contribution in [3.8, 4) is 5.75 Å². The predicted octanol–water partition coefficient (Wildman–Crippen LogP) is 5.16. The molecule has 2 aromatic carbocycles. The highest BCUT2D eigenvalue weighted by Gasteiger charge is 2.43. The molecule has 0 saturated heterocycles. The number of hydrogen-bond donors (Lipinski definition) is 1. The largest absolute Gasteiger partial charge is 0.487 e. The molecule has 0 unspecified atom stereocenters. The fourth-order valence-electron chi connectivity index (χ4n) is 4.43. The van der Waals surface area contributed by atoms with Crippen LogP contribution in [0.1, 0.15) is 43.7 Å². The standard InChI is InChI=1S/C21H19F2N3O/c22-13-6-7-18-15(10-13)17(11-21(27-18)8-1-2-9-21)26-20-14-4-3-5-16(23)19(14)24-12-25-20/h3-7,10,12,17H,1-2,8-9,11H2,(H,24,25,26)/t17-/m1/s1. The Kier molecular flexibility index (Phi) is 3.74. The molecule has 0 bridgehead atoms. The Bertz CT molecular complexity index is 1020. The van der Waals surface area contributed by atoms with Crippen LogP contribution in [-0.4, -0.2) is 15.6 Å². The van der Waals surface area contributed by atoms with E-state index in [1.165, 1.54) is 24.5 Å². The number of halogens is 2. The zero-order chi connectivity index (χ0) is 18.4. The Morgan fingerprint density at radius 2 is 1.93 bits per heavy atom. The highest BCUT2D eigenvalue weighted by Crippen LogP contribution is 2.48. The van der Waals surface area contributed by atoms with E-state index in [9.17, 15) is 8.78 Å². The Morgan fingerprint density at radius 1 is 1.07 bits per heavy atom. The zero-order valence-electron chi connectivity index (χ0n) is 14.7. The monoisotopic (exact) mass is 367 g/mol. The lowest BCUT2D eigenvalue weighted by Gasteiger charge is -2.40. The van der Waals surface area contributed by atoms with Gasteiger partial charge in [-0.25, -0.2) is 18.7 Å². The van der Waals surface area contributed by atoms with Gasteiger partial charge in [-0.05, 0) is 56.0 Å². The fourth-order valence-corrected chi connectivity index (χ4v) is 4.43. The number of nitrogens with one attached hydrogen (secondary N) is 1. The number of anilines is 1. The molecule has 1 aliphatic heterocycles. The fraction of sp³-hybridized carbons (Fsp3) is 0.333. The molecule has 1 saturated carbocycles. The van der Waals surface area contributed by atoms with E-state index < -0.39 is 0 Å². The van der Waals surface area contributed by atoms with Gasteiger partial charge >= 0.3 is 0 Å². The molecule has 1 spiro atoms. The molecule has 1 fully saturated rings. The van der Waals surface area contributed by atoms with E-state index in [0.717, 1.165) is 37.7 Å². The predicted molar refractivity (Wildman–Crippen MR) is 98.7 cm³/mol. The Morgan fingerprint density at radius 3 is 2.78 bits per heavy atom. The Balaban J connectivity index is 1.58. The molecule has 1 aromatic heterocycles. The Labute approximate surface area is 155 Å². The maximum atomic E-state index is 14.1. The summed E-state index contributed by atoms with van der Waals surface area (Å²) in [6.45, 7) is 0. The van der Waals surface area contributed by atoms with Gasteiger partial charge in [0.2, 0.25) is 0 Å². The number of fused-ring (bicyclic) bond motifs is 2. The number of nitrogens with zero attached hydrogens (tertiary/aromatic N) is 2. The SMILES string of the molecule is Fc1ccc2c(c1)[C@H](Nc1ncnc3c(F)cccc13)CC1(CCCC1)O2. The molecule has 27 heavy (non-hydrogen) atoms. The van der Waals surface area contributed by atoms with Gasteiger partial charge in [-0.15, -0.1) is 0 Å². The third kappa shape index (κ3) is 2.80. The first kappa shape index (κ1) is 16.4. The smallest absolute Gasteiger partial charge is 0.149 e. The van der Waals surface area contributed by atoms with Crippen LogP contribution in [0.4, 0.5) is 14.6 Å². The van der Waals surface area contributed by atoms with E-state index in [1.54, 1.807) is 18.2 Å². The average molecular weight is 367 g/mol. The minimum atomic E-state index is -0.386. The van der Waals surface area contributed by atoms with Crippen molar-refractivity contribution in [2.45, 2.75) is 43.7 Å². The van der Waals surface area contributed by atoms with Gasteiger partial charge in [-0.2, -0.15) is 0 Å². The van der Waals surface area contributed by atoms with E-state index in [2.05, 4.69) is 15.3 Å². The quantitative estimate of drug-likeness (QED) is 0.680. The second-order valence-electron chi connectivity index (χ2n) is 7.43. The highest BCUT2D eigenvalue weighted by atomic mass is 19.1. The minimum Gasteiger partial charge on any atom is -0.487 e. The summed E-state index contributed by atoms with van der Waals surface area (Å²) in [5.74, 6) is 0.579. The third-order valence-corrected chi connectivity index (χ3v) is 5.69. The molecule has 5 rings (SSSR count). The van der Waals surface area contributed by atoms with Gasteiger partial charge in [0.15, 0.2) is 0 Å². The molecule has 1 N–H and O–H groups in total. The van der Waals surface area contributed by atoms with Crippen LogP contribution in [0.3, 0.4) is 0 Å². The summed E-state index contributed by atoms with van der Waals surface area (Å²) in [7, 11) is 0. The van der Waals surface area contributed by atoms with Gasteiger partial charge in [0, 0.05) is 17.4 Å². The van der Waals surface area contributed by atoms with E-state index in [4.69, 9.17) is 4.74 Å². The number of aromatic nitrogens is 2. The third-order valence-electron chi connectivity index (χ3n) is 5.69. The summed E-state index contributed by atoms with van der Waals surface area (Å²) in [4.78, 5) is 8.38. The van der Waals surface area contributed by atoms with Crippen molar-refractivity contribution in [2.24, 2.45) is 0 Å². The zero-order valence-corrected chi connectivity index (χ0v) is 14.7. The first-order valence-electron chi connectivity index (χ1n) is 9.28. The maximum absolute atomic E-state index is 14.1. The molecule has 0 radical (unpaired) electrons. The van der Waals surface area contributed by atoms with Crippen LogP contribution in [0, 0.1) is 11.6 Å². The molecule has 4 nitrogen and oxygen atoms in total. The summed E-state index contributed by atoms with van der Waals surface area (Å²) in [5, 5.41) is 4.03. The molecule has 2 aliphatic rings. The van der Waals surface area contributed by atoms with Crippen molar-refractivity contribution in [3.05, 3.63) is 59.9 Å². The normalized spacial score (nSPS) is 20.4. The van der Waals surface area contributed by atoms with Crippen molar-refractivity contribution in [1.29, 1.82) is 0 Å². The van der Waals surface area contributed by atoms with Crippen LogP contribution >= 0.6 is 0 Å². The van der Waals surface area contributed by atoms with Gasteiger partial charge in [-0.3, -0.25) is 0 Å². The van der Waals surface area contributed by atoms with Gasteiger partial charge in [-0.1, -0.05) is 6.07 Å². The molecular formula is C21H19F2N3O. The van der Waals surface area contributed by atoms with Crippen LogP contribution in [0.15, 0.2) is 42.7 Å². The van der Waals surface area contributed by atoms with E-state index >= 15 is 0 Å². The van der Waals surface area contributed by atoms with Gasteiger partial charge in [0.05, 0.1) is 6.04 Å². The Hall–Kier alpha value is -2.76. The first-order chi connectivity index (χ1) is 13.1. The first-order valence-corrected chi connectivity index (χ1v) is 9.28. The van der Waals surface area contributed by atoms with Crippen molar-refractivity contribution in [2.75, 3.05) is 5.32 Å². The van der Waals surface area contributed by atoms with E-state index in [1.807, 2.05) is 0 Å². The summed E-state index contributed by atoms with van der Waals surface area (Å²) >= 11 is 0. The molecule has 138 valence electrons. The van der Waals surface area contributed by atoms with Crippen LogP contribution in [0.5, 0.6) is 5.75 Å². The molecule has 6 heteroatoms. The lowest BCUT2D eigenvalue weighted by atomic mass is 9.86. The number of para-hydroxylation sites is 1. The summed E-state index contributed by atoms with van der Waals surface area (Å²) in [6, 6.07) is 9.30. The van der Waals surface area contributed by atoms with Gasteiger partial charge < -0.3 is 10.1 Å². The second-order valence-corrected chi connectivity index (χ2v) is 7.43. The van der Waals surface area contributed by atoms with Crippen molar-refractivity contribution in [3.63, 3.8) is 0 Å². The molecular weight excluding hydrogens is 348 g/mol. The number of ether oxygens (including phenoxy) is 1. The van der Waals surface area contributed by atoms with E-state index in [-0.39, 0.29) is 28.8 Å². The highest BCUT2D eigenvalue weighted by molar-refractivity contribution is 5.89.